The predicted octanol–water partition coefficient (Wildman–Crippen LogP) is 7.41. The van der Waals surface area contributed by atoms with Gasteiger partial charge in [0, 0.05) is 12.4 Å². The monoisotopic (exact) mass is 355 g/mol. The van der Waals surface area contributed by atoms with Crippen LogP contribution in [0, 0.1) is 0 Å². The Morgan fingerprint density at radius 1 is 0.357 bits per heavy atom. The summed E-state index contributed by atoms with van der Waals surface area (Å²) in [5.74, 6) is 0. The zero-order valence-corrected chi connectivity index (χ0v) is 15.3. The summed E-state index contributed by atoms with van der Waals surface area (Å²) in [4.78, 5) is 3.78. The maximum atomic E-state index is 3.78. The van der Waals surface area contributed by atoms with Gasteiger partial charge in [0.15, 0.2) is 0 Å². The molecule has 0 saturated carbocycles. The van der Waals surface area contributed by atoms with Crippen LogP contribution in [0.4, 0.5) is 0 Å². The van der Waals surface area contributed by atoms with Crippen molar-refractivity contribution in [2.24, 2.45) is 0 Å². The quantitative estimate of drug-likeness (QED) is 0.204. The third-order valence-corrected chi connectivity index (χ3v) is 5.70. The van der Waals surface area contributed by atoms with Crippen molar-refractivity contribution in [3.05, 3.63) is 103 Å². The average molecular weight is 355 g/mol. The lowest BCUT2D eigenvalue weighted by atomic mass is 9.86. The van der Waals surface area contributed by atoms with Crippen LogP contribution >= 0.6 is 0 Å². The van der Waals surface area contributed by atoms with E-state index in [1.165, 1.54) is 53.9 Å². The van der Waals surface area contributed by atoms with Gasteiger partial charge in [-0.3, -0.25) is 4.98 Å². The molecule has 0 aliphatic carbocycles. The average Bonchev–Trinajstić information content (AvgIpc) is 2.79. The molecule has 0 fully saturated rings. The van der Waals surface area contributed by atoms with Gasteiger partial charge in [-0.1, -0.05) is 78.9 Å². The van der Waals surface area contributed by atoms with Gasteiger partial charge in [-0.25, -0.2) is 0 Å². The van der Waals surface area contributed by atoms with E-state index in [2.05, 4.69) is 77.8 Å². The second kappa shape index (κ2) is 5.90. The van der Waals surface area contributed by atoms with E-state index in [1.807, 2.05) is 18.2 Å². The van der Waals surface area contributed by atoms with Crippen LogP contribution in [0.2, 0.25) is 0 Å². The molecule has 1 heteroatoms. The van der Waals surface area contributed by atoms with Crippen LogP contribution < -0.4 is 0 Å². The fraction of sp³-hybridized carbons (Fsp3) is 0. The minimum Gasteiger partial charge on any atom is -0.265 e. The summed E-state index contributed by atoms with van der Waals surface area (Å²) in [6, 6.07) is 32.6. The second-order valence-electron chi connectivity index (χ2n) is 7.22. The first kappa shape index (κ1) is 15.4. The summed E-state index contributed by atoms with van der Waals surface area (Å²) in [7, 11) is 0. The van der Waals surface area contributed by atoms with Crippen molar-refractivity contribution in [3.63, 3.8) is 0 Å². The highest BCUT2D eigenvalue weighted by atomic mass is 14.6. The molecule has 0 amide bonds. The fourth-order valence-corrected chi connectivity index (χ4v) is 4.55. The highest BCUT2D eigenvalue weighted by molar-refractivity contribution is 6.39. The Morgan fingerprint density at radius 2 is 0.786 bits per heavy atom. The molecule has 1 heterocycles. The van der Waals surface area contributed by atoms with E-state index in [1.54, 1.807) is 12.4 Å². The van der Waals surface area contributed by atoms with E-state index >= 15 is 0 Å². The topological polar surface area (TPSA) is 12.9 Å². The molecule has 1 nitrogen and oxygen atoms in total. The molecule has 1 aromatic heterocycles. The molecule has 6 aromatic carbocycles. The Bertz CT molecular complexity index is 1410. The number of hydrogen-bond donors (Lipinski definition) is 0. The molecule has 0 radical (unpaired) electrons. The fourth-order valence-electron chi connectivity index (χ4n) is 4.55. The van der Waals surface area contributed by atoms with E-state index in [-0.39, 0.29) is 0 Å². The molecule has 0 aliphatic heterocycles. The highest BCUT2D eigenvalue weighted by Crippen LogP contribution is 2.44. The van der Waals surface area contributed by atoms with Gasteiger partial charge in [0.25, 0.3) is 0 Å². The minimum atomic E-state index is 1.34. The number of pyridine rings is 1. The third kappa shape index (κ3) is 2.10. The van der Waals surface area contributed by atoms with E-state index < -0.39 is 0 Å². The first-order valence-electron chi connectivity index (χ1n) is 9.57. The van der Waals surface area contributed by atoms with Crippen LogP contribution in [0.15, 0.2) is 103 Å². The van der Waals surface area contributed by atoms with Gasteiger partial charge in [0.1, 0.15) is 0 Å². The van der Waals surface area contributed by atoms with Crippen molar-refractivity contribution in [1.29, 1.82) is 0 Å². The molecule has 130 valence electrons. The van der Waals surface area contributed by atoms with Crippen molar-refractivity contribution < 1.29 is 0 Å². The van der Waals surface area contributed by atoms with Gasteiger partial charge in [0.05, 0.1) is 0 Å². The van der Waals surface area contributed by atoms with E-state index in [4.69, 9.17) is 0 Å². The van der Waals surface area contributed by atoms with Crippen molar-refractivity contribution in [1.82, 2.24) is 4.98 Å². The summed E-state index contributed by atoms with van der Waals surface area (Å²) >= 11 is 0. The van der Waals surface area contributed by atoms with Crippen molar-refractivity contribution in [2.75, 3.05) is 0 Å². The van der Waals surface area contributed by atoms with Crippen LogP contribution in [0.1, 0.15) is 0 Å². The van der Waals surface area contributed by atoms with Crippen LogP contribution in [0.25, 0.3) is 53.9 Å². The normalized spacial score (nSPS) is 11.6. The summed E-state index contributed by atoms with van der Waals surface area (Å²) in [5.41, 5.74) is 0. The molecule has 0 saturated heterocycles. The Morgan fingerprint density at radius 3 is 1.14 bits per heavy atom. The smallest absolute Gasteiger partial charge is 0.0267 e. The van der Waals surface area contributed by atoms with E-state index in [0.717, 1.165) is 0 Å². The third-order valence-electron chi connectivity index (χ3n) is 5.70. The lowest BCUT2D eigenvalue weighted by Gasteiger charge is -2.17. The summed E-state index contributed by atoms with van der Waals surface area (Å²) < 4.78 is 0. The number of fused-ring (bicyclic) bond motifs is 1. The molecule has 0 spiro atoms. The lowest BCUT2D eigenvalue weighted by Crippen LogP contribution is -1.89. The highest BCUT2D eigenvalue weighted by Gasteiger charge is 2.15. The molecular formula is C27H17N. The molecule has 7 aromatic rings. The van der Waals surface area contributed by atoms with Gasteiger partial charge in [0.2, 0.25) is 0 Å². The van der Waals surface area contributed by atoms with Crippen molar-refractivity contribution in [2.45, 2.75) is 0 Å². The van der Waals surface area contributed by atoms with Crippen LogP contribution in [0.5, 0.6) is 0 Å². The predicted molar refractivity (Wildman–Crippen MR) is 121 cm³/mol. The van der Waals surface area contributed by atoms with Gasteiger partial charge < -0.3 is 0 Å². The summed E-state index contributed by atoms with van der Waals surface area (Å²) in [5, 5.41) is 13.8. The molecular weight excluding hydrogens is 338 g/mol. The second-order valence-corrected chi connectivity index (χ2v) is 7.22. The summed E-state index contributed by atoms with van der Waals surface area (Å²) in [6.45, 7) is 0. The standard InChI is InChI=1S/C22H12.C5H5N/c1-3-13-7-9-15-11-12-16-10-8-14-4-2-6-18-17(5-1)19(13)21(15)22(16)20(14)18;1-2-4-6-5-3-1/h1-12H;1-5H. The molecule has 0 N–H and O–H groups in total. The van der Waals surface area contributed by atoms with Gasteiger partial charge in [-0.2, -0.15) is 0 Å². The zero-order chi connectivity index (χ0) is 18.5. The number of rotatable bonds is 0. The van der Waals surface area contributed by atoms with Crippen molar-refractivity contribution >= 4 is 53.9 Å². The SMILES string of the molecule is c1cc2ccc3ccc4ccc5cccc6c(c1)c2c3c4c56.c1ccncc1. The number of nitrogens with zero attached hydrogens (tertiary/aromatic N) is 1. The van der Waals surface area contributed by atoms with E-state index in [9.17, 15) is 0 Å². The van der Waals surface area contributed by atoms with Gasteiger partial charge in [-0.15, -0.1) is 0 Å². The number of benzene rings is 6. The van der Waals surface area contributed by atoms with Gasteiger partial charge >= 0.3 is 0 Å². The lowest BCUT2D eigenvalue weighted by molar-refractivity contribution is 1.33. The maximum absolute atomic E-state index is 3.78. The maximum Gasteiger partial charge on any atom is 0.0267 e. The Labute approximate surface area is 162 Å². The Balaban J connectivity index is 0.000000225. The first-order valence-corrected chi connectivity index (χ1v) is 9.57. The number of hydrogen-bond acceptors (Lipinski definition) is 1. The molecule has 0 bridgehead atoms. The molecule has 0 atom stereocenters. The van der Waals surface area contributed by atoms with Gasteiger partial charge in [-0.05, 0) is 66.0 Å². The Kier molecular flexibility index (Phi) is 3.24. The Hall–Kier alpha value is -3.71. The molecule has 28 heavy (non-hydrogen) atoms. The molecule has 0 unspecified atom stereocenters. The molecule has 0 aliphatic rings. The minimum absolute atomic E-state index is 1.34. The van der Waals surface area contributed by atoms with Crippen LogP contribution in [-0.4, -0.2) is 4.98 Å². The zero-order valence-electron chi connectivity index (χ0n) is 15.3. The summed E-state index contributed by atoms with van der Waals surface area (Å²) in [6.07, 6.45) is 3.50. The van der Waals surface area contributed by atoms with Crippen molar-refractivity contribution in [3.8, 4) is 0 Å². The van der Waals surface area contributed by atoms with Crippen LogP contribution in [-0.2, 0) is 0 Å². The largest absolute Gasteiger partial charge is 0.265 e. The number of aromatic nitrogens is 1. The molecule has 7 rings (SSSR count). The van der Waals surface area contributed by atoms with E-state index in [0.29, 0.717) is 0 Å². The van der Waals surface area contributed by atoms with Crippen LogP contribution in [0.3, 0.4) is 0 Å². The first-order chi connectivity index (χ1) is 13.9.